The fraction of sp³-hybridized carbons (Fsp3) is 0.400. The number of para-hydroxylation sites is 2. The highest BCUT2D eigenvalue weighted by atomic mass is 16.5. The van der Waals surface area contributed by atoms with Crippen LogP contribution in [0.4, 0.5) is 5.95 Å². The second-order valence-corrected chi connectivity index (χ2v) is 7.88. The van der Waals surface area contributed by atoms with Gasteiger partial charge in [-0.05, 0) is 43.0 Å². The topological polar surface area (TPSA) is 73.7 Å². The van der Waals surface area contributed by atoms with Crippen molar-refractivity contribution in [1.82, 2.24) is 9.55 Å². The minimum Gasteiger partial charge on any atom is -0.465 e. The predicted molar refractivity (Wildman–Crippen MR) is 123 cm³/mol. The summed E-state index contributed by atoms with van der Waals surface area (Å²) in [6, 6.07) is 15.3. The number of amides is 1. The van der Waals surface area contributed by atoms with Crippen molar-refractivity contribution in [3.05, 3.63) is 59.7 Å². The summed E-state index contributed by atoms with van der Waals surface area (Å²) in [5.41, 5.74) is 3.74. The van der Waals surface area contributed by atoms with Crippen molar-refractivity contribution in [2.45, 2.75) is 32.7 Å². The lowest BCUT2D eigenvalue weighted by atomic mass is 9.88. The molecule has 0 N–H and O–H groups in total. The quantitative estimate of drug-likeness (QED) is 0.306. The molecule has 0 spiro atoms. The Labute approximate surface area is 187 Å². The first-order valence-corrected chi connectivity index (χ1v) is 11.1. The average Bonchev–Trinajstić information content (AvgIpc) is 3.19. The number of carbonyl (C=O) groups is 2. The van der Waals surface area contributed by atoms with Gasteiger partial charge in [-0.1, -0.05) is 43.3 Å². The summed E-state index contributed by atoms with van der Waals surface area (Å²) in [7, 11) is 1.63. The number of esters is 1. The molecular weight excluding hydrogens is 406 g/mol. The third-order valence-corrected chi connectivity index (χ3v) is 5.94. The van der Waals surface area contributed by atoms with Crippen LogP contribution in [0.25, 0.3) is 11.0 Å². The van der Waals surface area contributed by atoms with Crippen LogP contribution in [0.3, 0.4) is 0 Å². The van der Waals surface area contributed by atoms with E-state index in [2.05, 4.69) is 6.92 Å². The van der Waals surface area contributed by atoms with E-state index < -0.39 is 17.9 Å². The second kappa shape index (κ2) is 9.53. The highest BCUT2D eigenvalue weighted by molar-refractivity contribution is 6.08. The van der Waals surface area contributed by atoms with E-state index in [1.54, 1.807) is 18.9 Å². The van der Waals surface area contributed by atoms with Crippen LogP contribution in [0.5, 0.6) is 0 Å². The van der Waals surface area contributed by atoms with Gasteiger partial charge in [0.15, 0.2) is 5.92 Å². The van der Waals surface area contributed by atoms with Crippen LogP contribution < -0.4 is 4.90 Å². The number of imidazole rings is 1. The van der Waals surface area contributed by atoms with E-state index in [1.165, 1.54) is 5.56 Å². The van der Waals surface area contributed by atoms with Gasteiger partial charge < -0.3 is 14.0 Å². The van der Waals surface area contributed by atoms with E-state index in [0.717, 1.165) is 23.0 Å². The number of fused-ring (bicyclic) bond motifs is 3. The van der Waals surface area contributed by atoms with Gasteiger partial charge in [-0.3, -0.25) is 14.5 Å². The van der Waals surface area contributed by atoms with Gasteiger partial charge in [-0.2, -0.15) is 0 Å². The van der Waals surface area contributed by atoms with Crippen molar-refractivity contribution in [3.63, 3.8) is 0 Å². The summed E-state index contributed by atoms with van der Waals surface area (Å²) in [6.45, 7) is 4.99. The highest BCUT2D eigenvalue weighted by Crippen LogP contribution is 2.41. The van der Waals surface area contributed by atoms with Crippen LogP contribution in [0, 0.1) is 5.92 Å². The number of aryl methyl sites for hydroxylation is 1. The van der Waals surface area contributed by atoms with Crippen LogP contribution in [-0.4, -0.2) is 48.3 Å². The molecule has 7 heteroatoms. The summed E-state index contributed by atoms with van der Waals surface area (Å²) in [6.07, 6.45) is 1.55. The number of ether oxygens (including phenoxy) is 2. The molecule has 0 aliphatic carbocycles. The molecule has 0 fully saturated rings. The molecule has 32 heavy (non-hydrogen) atoms. The van der Waals surface area contributed by atoms with Crippen LogP contribution in [0.1, 0.15) is 37.4 Å². The number of nitrogens with zero attached hydrogens (tertiary/aromatic N) is 3. The van der Waals surface area contributed by atoms with Crippen LogP contribution >= 0.6 is 0 Å². The Balaban J connectivity index is 1.92. The molecule has 0 radical (unpaired) electrons. The zero-order chi connectivity index (χ0) is 22.7. The van der Waals surface area contributed by atoms with Crippen molar-refractivity contribution in [3.8, 4) is 0 Å². The highest BCUT2D eigenvalue weighted by Gasteiger charge is 2.47. The molecule has 0 saturated heterocycles. The number of rotatable bonds is 8. The molecule has 4 rings (SSSR count). The molecule has 0 saturated carbocycles. The molecule has 2 aromatic carbocycles. The van der Waals surface area contributed by atoms with E-state index in [0.29, 0.717) is 25.5 Å². The zero-order valence-electron chi connectivity index (χ0n) is 18.8. The summed E-state index contributed by atoms with van der Waals surface area (Å²) < 4.78 is 12.6. The maximum Gasteiger partial charge on any atom is 0.321 e. The maximum absolute atomic E-state index is 13.7. The van der Waals surface area contributed by atoms with Gasteiger partial charge in [0.1, 0.15) is 0 Å². The molecule has 1 aliphatic heterocycles. The number of hydrogen-bond donors (Lipinski definition) is 0. The summed E-state index contributed by atoms with van der Waals surface area (Å²) >= 11 is 0. The SMILES string of the molecule is CCOC(=O)[C@H]1C(=O)N(CCCOC)c2nc3ccccc3n2[C@@H]1c1ccc(CC)cc1. The van der Waals surface area contributed by atoms with Crippen molar-refractivity contribution in [2.24, 2.45) is 5.92 Å². The van der Waals surface area contributed by atoms with E-state index in [-0.39, 0.29) is 12.5 Å². The number of benzene rings is 2. The Hall–Kier alpha value is -3.19. The molecule has 3 aromatic rings. The number of aromatic nitrogens is 2. The number of methoxy groups -OCH3 is 1. The van der Waals surface area contributed by atoms with Gasteiger partial charge in [-0.25, -0.2) is 4.98 Å². The summed E-state index contributed by atoms with van der Waals surface area (Å²) in [5.74, 6) is -1.23. The fourth-order valence-electron chi connectivity index (χ4n) is 4.38. The number of carbonyl (C=O) groups excluding carboxylic acids is 2. The monoisotopic (exact) mass is 435 g/mol. The lowest BCUT2D eigenvalue weighted by Crippen LogP contribution is -2.50. The minimum absolute atomic E-state index is 0.214. The summed E-state index contributed by atoms with van der Waals surface area (Å²) in [5, 5.41) is 0. The summed E-state index contributed by atoms with van der Waals surface area (Å²) in [4.78, 5) is 33.2. The van der Waals surface area contributed by atoms with E-state index in [9.17, 15) is 9.59 Å². The normalized spacial score (nSPS) is 18.1. The molecule has 1 aromatic heterocycles. The molecule has 0 unspecified atom stereocenters. The predicted octanol–water partition coefficient (Wildman–Crippen LogP) is 3.75. The lowest BCUT2D eigenvalue weighted by Gasteiger charge is -2.38. The standard InChI is InChI=1S/C25H29N3O4/c1-4-17-11-13-18(14-12-17)22-21(24(30)32-5-2)23(29)27(15-8-16-31-3)25-26-19-9-6-7-10-20(19)28(22)25/h6-7,9-14,21-22H,4-5,8,15-16H2,1-3H3/t21-,22-/m1/s1. The first-order chi connectivity index (χ1) is 15.6. The van der Waals surface area contributed by atoms with Gasteiger partial charge in [0.25, 0.3) is 0 Å². The third-order valence-electron chi connectivity index (χ3n) is 5.94. The molecule has 0 bridgehead atoms. The van der Waals surface area contributed by atoms with Crippen molar-refractivity contribution >= 4 is 28.9 Å². The molecule has 1 amide bonds. The minimum atomic E-state index is -0.991. The Kier molecular flexibility index (Phi) is 6.55. The van der Waals surface area contributed by atoms with Gasteiger partial charge >= 0.3 is 5.97 Å². The number of anilines is 1. The van der Waals surface area contributed by atoms with E-state index in [4.69, 9.17) is 14.5 Å². The lowest BCUT2D eigenvalue weighted by molar-refractivity contribution is -0.153. The zero-order valence-corrected chi connectivity index (χ0v) is 18.8. The molecule has 2 heterocycles. The maximum atomic E-state index is 13.7. The van der Waals surface area contributed by atoms with Gasteiger partial charge in [0.2, 0.25) is 11.9 Å². The van der Waals surface area contributed by atoms with Gasteiger partial charge in [-0.15, -0.1) is 0 Å². The molecule has 2 atom stereocenters. The van der Waals surface area contributed by atoms with E-state index in [1.807, 2.05) is 53.1 Å². The van der Waals surface area contributed by atoms with E-state index >= 15 is 0 Å². The van der Waals surface area contributed by atoms with Crippen molar-refractivity contribution < 1.29 is 19.1 Å². The average molecular weight is 436 g/mol. The first-order valence-electron chi connectivity index (χ1n) is 11.1. The third kappa shape index (κ3) is 3.88. The fourth-order valence-corrected chi connectivity index (χ4v) is 4.38. The second-order valence-electron chi connectivity index (χ2n) is 7.88. The molecular formula is C25H29N3O4. The Morgan fingerprint density at radius 1 is 1.09 bits per heavy atom. The van der Waals surface area contributed by atoms with Crippen molar-refractivity contribution in [1.29, 1.82) is 0 Å². The van der Waals surface area contributed by atoms with Crippen LogP contribution in [0.2, 0.25) is 0 Å². The van der Waals surface area contributed by atoms with Gasteiger partial charge in [0.05, 0.1) is 23.7 Å². The molecule has 1 aliphatic rings. The van der Waals surface area contributed by atoms with Crippen molar-refractivity contribution in [2.75, 3.05) is 31.8 Å². The Bertz CT molecular complexity index is 1110. The van der Waals surface area contributed by atoms with Crippen LogP contribution in [0.15, 0.2) is 48.5 Å². The Morgan fingerprint density at radius 2 is 1.84 bits per heavy atom. The largest absolute Gasteiger partial charge is 0.465 e. The van der Waals surface area contributed by atoms with Gasteiger partial charge in [0, 0.05) is 20.3 Å². The smallest absolute Gasteiger partial charge is 0.321 e. The Morgan fingerprint density at radius 3 is 2.53 bits per heavy atom. The molecule has 7 nitrogen and oxygen atoms in total. The molecule has 168 valence electrons. The van der Waals surface area contributed by atoms with Crippen LogP contribution in [-0.2, 0) is 25.5 Å². The first kappa shape index (κ1) is 22.0. The number of hydrogen-bond acceptors (Lipinski definition) is 5.